The minimum absolute atomic E-state index is 0.394. The largest absolute Gasteiger partial charge is 0.385 e. The Morgan fingerprint density at radius 2 is 2.08 bits per heavy atom. The third kappa shape index (κ3) is 1.82. The van der Waals surface area contributed by atoms with Crippen LogP contribution in [0.5, 0.6) is 0 Å². The van der Waals surface area contributed by atoms with Crippen LogP contribution < -0.4 is 5.73 Å². The maximum atomic E-state index is 13.1. The first kappa shape index (κ1) is 9.19. The van der Waals surface area contributed by atoms with Gasteiger partial charge in [-0.1, -0.05) is 34.1 Å². The van der Waals surface area contributed by atoms with Gasteiger partial charge in [0.15, 0.2) is 6.17 Å². The molecule has 64 valence electrons. The summed E-state index contributed by atoms with van der Waals surface area (Å²) in [5.41, 5.74) is 5.42. The van der Waals surface area contributed by atoms with Crippen molar-refractivity contribution in [1.29, 1.82) is 5.41 Å². The molecule has 0 aromatic heterocycles. The fraction of sp³-hybridized carbons (Fsp3) is 0.125. The molecule has 1 atom stereocenters. The van der Waals surface area contributed by atoms with E-state index in [2.05, 4.69) is 15.9 Å². The molecular formula is C8H8BrFN2. The van der Waals surface area contributed by atoms with Crippen LogP contribution in [-0.4, -0.2) is 5.84 Å². The van der Waals surface area contributed by atoms with Crippen molar-refractivity contribution in [1.82, 2.24) is 0 Å². The molecule has 0 radical (unpaired) electrons. The number of nitrogens with two attached hydrogens (primary N) is 1. The van der Waals surface area contributed by atoms with Crippen LogP contribution in [-0.2, 0) is 0 Å². The number of nitrogens with one attached hydrogen (secondary N) is 1. The van der Waals surface area contributed by atoms with Crippen LogP contribution in [0.25, 0.3) is 0 Å². The van der Waals surface area contributed by atoms with Crippen molar-refractivity contribution in [3.8, 4) is 0 Å². The Morgan fingerprint density at radius 3 is 2.58 bits per heavy atom. The molecular weight excluding hydrogens is 223 g/mol. The lowest BCUT2D eigenvalue weighted by atomic mass is 10.1. The van der Waals surface area contributed by atoms with Gasteiger partial charge >= 0.3 is 0 Å². The molecule has 12 heavy (non-hydrogen) atoms. The normalized spacial score (nSPS) is 12.5. The number of hydrogen-bond acceptors (Lipinski definition) is 1. The van der Waals surface area contributed by atoms with Gasteiger partial charge in [-0.05, 0) is 6.07 Å². The number of rotatable bonds is 2. The summed E-state index contributed by atoms with van der Waals surface area (Å²) in [7, 11) is 0. The summed E-state index contributed by atoms with van der Waals surface area (Å²) in [5, 5.41) is 6.92. The van der Waals surface area contributed by atoms with Crippen LogP contribution in [0.4, 0.5) is 4.39 Å². The highest BCUT2D eigenvalue weighted by molar-refractivity contribution is 9.10. The third-order valence-corrected chi connectivity index (χ3v) is 2.17. The molecule has 3 N–H and O–H groups in total. The van der Waals surface area contributed by atoms with E-state index in [4.69, 9.17) is 11.1 Å². The fourth-order valence-electron chi connectivity index (χ4n) is 0.848. The molecule has 0 saturated heterocycles. The van der Waals surface area contributed by atoms with Crippen LogP contribution in [0.2, 0.25) is 0 Å². The lowest BCUT2D eigenvalue weighted by molar-refractivity contribution is 0.433. The highest BCUT2D eigenvalue weighted by Crippen LogP contribution is 2.25. The Bertz CT molecular complexity index is 301. The molecule has 4 heteroatoms. The molecule has 2 nitrogen and oxygen atoms in total. The van der Waals surface area contributed by atoms with Crippen LogP contribution in [0, 0.1) is 5.41 Å². The Kier molecular flexibility index (Phi) is 2.81. The summed E-state index contributed by atoms with van der Waals surface area (Å²) in [4.78, 5) is 0. The molecule has 1 rings (SSSR count). The summed E-state index contributed by atoms with van der Waals surface area (Å²) in [5.74, 6) is -0.470. The standard InChI is InChI=1S/C8H8BrFN2/c9-6-4-2-1-3-5(6)7(10)8(11)12/h1-4,7H,(H3,11,12). The van der Waals surface area contributed by atoms with Gasteiger partial charge in [-0.25, -0.2) is 4.39 Å². The Labute approximate surface area is 78.2 Å². The SMILES string of the molecule is N=C(N)C(F)c1ccccc1Br. The van der Waals surface area contributed by atoms with Crippen LogP contribution >= 0.6 is 15.9 Å². The number of benzene rings is 1. The van der Waals surface area contributed by atoms with Crippen LogP contribution in [0.15, 0.2) is 28.7 Å². The van der Waals surface area contributed by atoms with Crippen molar-refractivity contribution < 1.29 is 4.39 Å². The van der Waals surface area contributed by atoms with Gasteiger partial charge < -0.3 is 5.73 Å². The predicted octanol–water partition coefficient (Wildman–Crippen LogP) is 2.40. The minimum Gasteiger partial charge on any atom is -0.385 e. The maximum Gasteiger partial charge on any atom is 0.182 e. The molecule has 1 aromatic carbocycles. The molecule has 0 aliphatic heterocycles. The topological polar surface area (TPSA) is 49.9 Å². The molecule has 0 aliphatic rings. The van der Waals surface area contributed by atoms with Crippen molar-refractivity contribution in [3.05, 3.63) is 34.3 Å². The summed E-state index contributed by atoms with van der Waals surface area (Å²) in [6.45, 7) is 0. The van der Waals surface area contributed by atoms with Crippen molar-refractivity contribution in [2.75, 3.05) is 0 Å². The average molecular weight is 231 g/mol. The molecule has 0 aliphatic carbocycles. The first-order valence-corrected chi connectivity index (χ1v) is 4.14. The van der Waals surface area contributed by atoms with Crippen LogP contribution in [0.1, 0.15) is 11.7 Å². The summed E-state index contributed by atoms with van der Waals surface area (Å²) in [6, 6.07) is 6.79. The number of alkyl halides is 1. The van der Waals surface area contributed by atoms with E-state index in [0.717, 1.165) is 0 Å². The monoisotopic (exact) mass is 230 g/mol. The van der Waals surface area contributed by atoms with E-state index in [0.29, 0.717) is 10.0 Å². The molecule has 0 saturated carbocycles. The zero-order valence-corrected chi connectivity index (χ0v) is 7.81. The van der Waals surface area contributed by atoms with E-state index in [-0.39, 0.29) is 0 Å². The van der Waals surface area contributed by atoms with E-state index < -0.39 is 12.0 Å². The minimum atomic E-state index is -1.51. The summed E-state index contributed by atoms with van der Waals surface area (Å²) < 4.78 is 13.8. The van der Waals surface area contributed by atoms with E-state index in [1.54, 1.807) is 24.3 Å². The number of hydrogen-bond donors (Lipinski definition) is 2. The molecule has 0 spiro atoms. The second-order valence-electron chi connectivity index (χ2n) is 2.34. The summed E-state index contributed by atoms with van der Waals surface area (Å²) >= 11 is 3.17. The second kappa shape index (κ2) is 3.67. The van der Waals surface area contributed by atoms with E-state index in [1.165, 1.54) is 0 Å². The van der Waals surface area contributed by atoms with Crippen molar-refractivity contribution in [2.45, 2.75) is 6.17 Å². The van der Waals surface area contributed by atoms with Gasteiger partial charge in [0.05, 0.1) is 0 Å². The van der Waals surface area contributed by atoms with Crippen molar-refractivity contribution in [2.24, 2.45) is 5.73 Å². The van der Waals surface area contributed by atoms with Gasteiger partial charge in [0.2, 0.25) is 0 Å². The van der Waals surface area contributed by atoms with E-state index in [1.807, 2.05) is 0 Å². The smallest absolute Gasteiger partial charge is 0.182 e. The zero-order chi connectivity index (χ0) is 9.14. The highest BCUT2D eigenvalue weighted by Gasteiger charge is 2.14. The predicted molar refractivity (Wildman–Crippen MR) is 49.9 cm³/mol. The first-order chi connectivity index (χ1) is 5.63. The Hall–Kier alpha value is -0.900. The van der Waals surface area contributed by atoms with Gasteiger partial charge in [0.1, 0.15) is 5.84 Å². The molecule has 0 heterocycles. The molecule has 0 fully saturated rings. The third-order valence-electron chi connectivity index (χ3n) is 1.45. The van der Waals surface area contributed by atoms with Gasteiger partial charge in [0.25, 0.3) is 0 Å². The van der Waals surface area contributed by atoms with Crippen molar-refractivity contribution >= 4 is 21.8 Å². The molecule has 1 unspecified atom stereocenters. The van der Waals surface area contributed by atoms with Crippen molar-refractivity contribution in [3.63, 3.8) is 0 Å². The first-order valence-electron chi connectivity index (χ1n) is 3.35. The Morgan fingerprint density at radius 1 is 1.50 bits per heavy atom. The van der Waals surface area contributed by atoms with Gasteiger partial charge in [-0.3, -0.25) is 5.41 Å². The number of amidine groups is 1. The quantitative estimate of drug-likeness (QED) is 0.595. The highest BCUT2D eigenvalue weighted by atomic mass is 79.9. The molecule has 0 amide bonds. The average Bonchev–Trinajstić information content (AvgIpc) is 2.04. The second-order valence-corrected chi connectivity index (χ2v) is 3.19. The van der Waals surface area contributed by atoms with Gasteiger partial charge in [-0.15, -0.1) is 0 Å². The lowest BCUT2D eigenvalue weighted by Gasteiger charge is -2.07. The fourth-order valence-corrected chi connectivity index (χ4v) is 1.33. The molecule has 0 bridgehead atoms. The van der Waals surface area contributed by atoms with E-state index in [9.17, 15) is 4.39 Å². The van der Waals surface area contributed by atoms with Crippen LogP contribution in [0.3, 0.4) is 0 Å². The summed E-state index contributed by atoms with van der Waals surface area (Å²) in [6.07, 6.45) is -1.51. The zero-order valence-electron chi connectivity index (χ0n) is 6.22. The van der Waals surface area contributed by atoms with Gasteiger partial charge in [0, 0.05) is 10.0 Å². The van der Waals surface area contributed by atoms with Gasteiger partial charge in [-0.2, -0.15) is 0 Å². The lowest BCUT2D eigenvalue weighted by Crippen LogP contribution is -2.17. The van der Waals surface area contributed by atoms with E-state index >= 15 is 0 Å². The molecule has 1 aromatic rings. The Balaban J connectivity index is 3.02. The maximum absolute atomic E-state index is 13.1. The number of halogens is 2.